The third-order valence-electron chi connectivity index (χ3n) is 5.18. The van der Waals surface area contributed by atoms with Gasteiger partial charge >= 0.3 is 0 Å². The van der Waals surface area contributed by atoms with Gasteiger partial charge in [0.15, 0.2) is 0 Å². The second-order valence-electron chi connectivity index (χ2n) is 7.70. The SMILES string of the molecule is COc1ccc(NC(=O)c2c(Nc3ccccc3)sc(C#N)c2NC(=O)CNc2ccc(Cl)cc2)cc1. The van der Waals surface area contributed by atoms with Gasteiger partial charge in [0.1, 0.15) is 21.7 Å². The smallest absolute Gasteiger partial charge is 0.260 e. The maximum Gasteiger partial charge on any atom is 0.260 e. The second kappa shape index (κ2) is 11.9. The number of anilines is 5. The van der Waals surface area contributed by atoms with Crippen LogP contribution in [0.25, 0.3) is 0 Å². The molecule has 10 heteroatoms. The fourth-order valence-corrected chi connectivity index (χ4v) is 4.48. The Kier molecular flexibility index (Phi) is 8.26. The minimum Gasteiger partial charge on any atom is -0.497 e. The molecule has 1 aromatic heterocycles. The van der Waals surface area contributed by atoms with E-state index in [1.807, 2.05) is 30.3 Å². The van der Waals surface area contributed by atoms with E-state index in [-0.39, 0.29) is 22.7 Å². The van der Waals surface area contributed by atoms with E-state index in [1.54, 1.807) is 55.6 Å². The summed E-state index contributed by atoms with van der Waals surface area (Å²) < 4.78 is 5.17. The highest BCUT2D eigenvalue weighted by atomic mass is 35.5. The number of nitrogens with one attached hydrogen (secondary N) is 4. The van der Waals surface area contributed by atoms with E-state index in [4.69, 9.17) is 16.3 Å². The number of methoxy groups -OCH3 is 1. The third kappa shape index (κ3) is 6.58. The Morgan fingerprint density at radius 1 is 0.919 bits per heavy atom. The van der Waals surface area contributed by atoms with Crippen molar-refractivity contribution in [2.45, 2.75) is 0 Å². The van der Waals surface area contributed by atoms with Crippen molar-refractivity contribution in [2.24, 2.45) is 0 Å². The first-order valence-electron chi connectivity index (χ1n) is 11.1. The van der Waals surface area contributed by atoms with Gasteiger partial charge in [0, 0.05) is 22.1 Å². The zero-order valence-electron chi connectivity index (χ0n) is 19.7. The van der Waals surface area contributed by atoms with Crippen LogP contribution in [0.4, 0.5) is 27.8 Å². The molecule has 2 amide bonds. The number of carbonyl (C=O) groups excluding carboxylic acids is 2. The molecule has 0 aliphatic carbocycles. The highest BCUT2D eigenvalue weighted by Crippen LogP contribution is 2.39. The molecule has 0 radical (unpaired) electrons. The molecule has 37 heavy (non-hydrogen) atoms. The monoisotopic (exact) mass is 531 g/mol. The van der Waals surface area contributed by atoms with Gasteiger partial charge in [-0.3, -0.25) is 9.59 Å². The number of halogens is 1. The number of carbonyl (C=O) groups is 2. The van der Waals surface area contributed by atoms with Crippen LogP contribution in [-0.4, -0.2) is 25.5 Å². The molecule has 0 bridgehead atoms. The van der Waals surface area contributed by atoms with Gasteiger partial charge in [0.2, 0.25) is 5.91 Å². The van der Waals surface area contributed by atoms with Crippen LogP contribution in [0.2, 0.25) is 5.02 Å². The summed E-state index contributed by atoms with van der Waals surface area (Å²) >= 11 is 6.99. The fraction of sp³-hybridized carbons (Fsp3) is 0.0741. The summed E-state index contributed by atoms with van der Waals surface area (Å²) in [7, 11) is 1.56. The Bertz CT molecular complexity index is 1430. The largest absolute Gasteiger partial charge is 0.497 e. The molecule has 186 valence electrons. The minimum absolute atomic E-state index is 0.0800. The van der Waals surface area contributed by atoms with Crippen LogP contribution >= 0.6 is 22.9 Å². The highest BCUT2D eigenvalue weighted by molar-refractivity contribution is 7.17. The lowest BCUT2D eigenvalue weighted by atomic mass is 10.2. The Morgan fingerprint density at radius 3 is 2.24 bits per heavy atom. The molecule has 4 rings (SSSR count). The van der Waals surface area contributed by atoms with Crippen molar-refractivity contribution >= 4 is 62.5 Å². The van der Waals surface area contributed by atoms with Crippen LogP contribution in [0, 0.1) is 11.3 Å². The zero-order valence-corrected chi connectivity index (χ0v) is 21.2. The normalized spacial score (nSPS) is 10.2. The lowest BCUT2D eigenvalue weighted by Crippen LogP contribution is -2.24. The summed E-state index contributed by atoms with van der Waals surface area (Å²) in [6.07, 6.45) is 0. The van der Waals surface area contributed by atoms with Gasteiger partial charge in [-0.2, -0.15) is 5.26 Å². The zero-order chi connectivity index (χ0) is 26.2. The molecular formula is C27H22ClN5O3S. The van der Waals surface area contributed by atoms with Crippen molar-refractivity contribution < 1.29 is 14.3 Å². The summed E-state index contributed by atoms with van der Waals surface area (Å²) in [6.45, 7) is -0.0800. The lowest BCUT2D eigenvalue weighted by molar-refractivity contribution is -0.114. The summed E-state index contributed by atoms with van der Waals surface area (Å²) in [4.78, 5) is 26.5. The second-order valence-corrected chi connectivity index (χ2v) is 9.16. The summed E-state index contributed by atoms with van der Waals surface area (Å²) in [5, 5.41) is 22.6. The van der Waals surface area contributed by atoms with Gasteiger partial charge in [-0.15, -0.1) is 11.3 Å². The van der Waals surface area contributed by atoms with Crippen LogP contribution in [0.15, 0.2) is 78.9 Å². The van der Waals surface area contributed by atoms with Gasteiger partial charge in [-0.25, -0.2) is 0 Å². The number of amides is 2. The van der Waals surface area contributed by atoms with Crippen LogP contribution in [0.1, 0.15) is 15.2 Å². The van der Waals surface area contributed by atoms with Gasteiger partial charge in [0.05, 0.1) is 24.9 Å². The number of rotatable bonds is 9. The number of benzene rings is 3. The molecule has 4 aromatic rings. The molecule has 0 unspecified atom stereocenters. The molecule has 0 fully saturated rings. The van der Waals surface area contributed by atoms with E-state index in [2.05, 4.69) is 27.3 Å². The number of hydrogen-bond acceptors (Lipinski definition) is 7. The average molecular weight is 532 g/mol. The number of para-hydroxylation sites is 1. The van der Waals surface area contributed by atoms with Crippen molar-refractivity contribution in [3.05, 3.63) is 94.3 Å². The predicted octanol–water partition coefficient (Wildman–Crippen LogP) is 6.33. The molecule has 1 heterocycles. The van der Waals surface area contributed by atoms with E-state index in [1.165, 1.54) is 0 Å². The molecule has 3 aromatic carbocycles. The quantitative estimate of drug-likeness (QED) is 0.201. The van der Waals surface area contributed by atoms with Crippen LogP contribution < -0.4 is 26.0 Å². The maximum absolute atomic E-state index is 13.5. The molecule has 8 nitrogen and oxygen atoms in total. The van der Waals surface area contributed by atoms with Crippen molar-refractivity contribution in [3.8, 4) is 11.8 Å². The first kappa shape index (κ1) is 25.6. The number of ether oxygens (including phenoxy) is 1. The summed E-state index contributed by atoms with van der Waals surface area (Å²) in [5.41, 5.74) is 2.26. The molecular weight excluding hydrogens is 510 g/mol. The van der Waals surface area contributed by atoms with Crippen molar-refractivity contribution in [2.75, 3.05) is 34.9 Å². The molecule has 0 spiro atoms. The standard InChI is InChI=1S/C27H22ClN5O3S/c1-36-21-13-11-20(12-14-21)31-26(35)24-25(33-23(34)16-30-18-9-7-17(28)8-10-18)22(15-29)37-27(24)32-19-5-3-2-4-6-19/h2-14,30,32H,16H2,1H3,(H,31,35)(H,33,34). The number of thiophene rings is 1. The number of nitriles is 1. The van der Waals surface area contributed by atoms with E-state index < -0.39 is 11.8 Å². The van der Waals surface area contributed by atoms with Crippen molar-refractivity contribution in [1.82, 2.24) is 0 Å². The molecule has 0 saturated carbocycles. The Balaban J connectivity index is 1.62. The van der Waals surface area contributed by atoms with E-state index >= 15 is 0 Å². The Labute approximate surface area is 222 Å². The first-order valence-corrected chi connectivity index (χ1v) is 12.3. The topological polar surface area (TPSA) is 115 Å². The lowest BCUT2D eigenvalue weighted by Gasteiger charge is -2.12. The highest BCUT2D eigenvalue weighted by Gasteiger charge is 2.26. The van der Waals surface area contributed by atoms with Gasteiger partial charge < -0.3 is 26.0 Å². The predicted molar refractivity (Wildman–Crippen MR) is 148 cm³/mol. The van der Waals surface area contributed by atoms with Crippen molar-refractivity contribution in [1.29, 1.82) is 5.26 Å². The molecule has 0 aliphatic heterocycles. The van der Waals surface area contributed by atoms with Crippen LogP contribution in [0.3, 0.4) is 0 Å². The minimum atomic E-state index is -0.484. The Hall–Kier alpha value is -4.52. The van der Waals surface area contributed by atoms with Gasteiger partial charge in [-0.1, -0.05) is 29.8 Å². The fourth-order valence-electron chi connectivity index (χ4n) is 3.39. The van der Waals surface area contributed by atoms with Crippen molar-refractivity contribution in [3.63, 3.8) is 0 Å². The number of hydrogen-bond donors (Lipinski definition) is 4. The number of nitrogens with zero attached hydrogens (tertiary/aromatic N) is 1. The molecule has 0 aliphatic rings. The van der Waals surface area contributed by atoms with E-state index in [9.17, 15) is 14.9 Å². The Morgan fingerprint density at radius 2 is 1.59 bits per heavy atom. The maximum atomic E-state index is 13.5. The van der Waals surface area contributed by atoms with Gasteiger partial charge in [0.25, 0.3) is 5.91 Å². The van der Waals surface area contributed by atoms with Gasteiger partial charge in [-0.05, 0) is 60.7 Å². The average Bonchev–Trinajstić information content (AvgIpc) is 3.25. The molecule has 0 atom stereocenters. The molecule has 4 N–H and O–H groups in total. The summed E-state index contributed by atoms with van der Waals surface area (Å²) in [6, 6.07) is 25.1. The summed E-state index contributed by atoms with van der Waals surface area (Å²) in [5.74, 6) is -0.260. The first-order chi connectivity index (χ1) is 18.0. The molecule has 0 saturated heterocycles. The van der Waals surface area contributed by atoms with E-state index in [0.717, 1.165) is 17.0 Å². The van der Waals surface area contributed by atoms with E-state index in [0.29, 0.717) is 27.1 Å². The third-order valence-corrected chi connectivity index (χ3v) is 6.44. The van der Waals surface area contributed by atoms with Crippen LogP contribution in [0.5, 0.6) is 5.75 Å². The van der Waals surface area contributed by atoms with Crippen LogP contribution in [-0.2, 0) is 4.79 Å².